The number of urea groups is 1. The molecule has 0 spiro atoms. The van der Waals surface area contributed by atoms with E-state index in [0.29, 0.717) is 6.54 Å². The zero-order chi connectivity index (χ0) is 13.0. The van der Waals surface area contributed by atoms with Crippen molar-refractivity contribution in [3.05, 3.63) is 30.1 Å². The normalized spacial score (nSPS) is 18.7. The van der Waals surface area contributed by atoms with E-state index in [9.17, 15) is 9.18 Å². The number of hydrogen-bond donors (Lipinski definition) is 1. The molecule has 18 heavy (non-hydrogen) atoms. The second kappa shape index (κ2) is 5.82. The number of carbonyl (C=O) groups excluding carboxylic acids is 1. The van der Waals surface area contributed by atoms with Crippen molar-refractivity contribution in [3.8, 4) is 0 Å². The number of nitrogens with one attached hydrogen (secondary N) is 1. The molecule has 1 aliphatic heterocycles. The highest BCUT2D eigenvalue weighted by Gasteiger charge is 2.20. The van der Waals surface area contributed by atoms with Gasteiger partial charge in [-0.05, 0) is 25.0 Å². The number of benzene rings is 1. The molecule has 1 atom stereocenters. The minimum atomic E-state index is -0.434. The highest BCUT2D eigenvalue weighted by molar-refractivity contribution is 5.89. The number of halogens is 1. The fraction of sp³-hybridized carbons (Fsp3) is 0.462. The Bertz CT molecular complexity index is 419. The first kappa shape index (κ1) is 12.8. The Labute approximate surface area is 106 Å². The molecule has 1 unspecified atom stereocenters. The number of nitrogens with zero attached hydrogens (tertiary/aromatic N) is 1. The van der Waals surface area contributed by atoms with Gasteiger partial charge in [-0.3, -0.25) is 0 Å². The summed E-state index contributed by atoms with van der Waals surface area (Å²) in [6.07, 6.45) is 2.10. The topological polar surface area (TPSA) is 41.6 Å². The quantitative estimate of drug-likeness (QED) is 0.897. The van der Waals surface area contributed by atoms with Gasteiger partial charge in [0.1, 0.15) is 5.82 Å². The lowest BCUT2D eigenvalue weighted by Crippen LogP contribution is -2.37. The smallest absolute Gasteiger partial charge is 0.321 e. The third kappa shape index (κ3) is 3.20. The Balaban J connectivity index is 1.89. The molecule has 1 heterocycles. The van der Waals surface area contributed by atoms with Crippen molar-refractivity contribution in [2.24, 2.45) is 0 Å². The number of amides is 2. The van der Waals surface area contributed by atoms with E-state index in [1.807, 2.05) is 0 Å². The summed E-state index contributed by atoms with van der Waals surface area (Å²) < 4.78 is 18.8. The van der Waals surface area contributed by atoms with Gasteiger partial charge in [0.05, 0.1) is 11.8 Å². The summed E-state index contributed by atoms with van der Waals surface area (Å²) in [7, 11) is 1.68. The molecular formula is C13H17FN2O2. The third-order valence-corrected chi connectivity index (χ3v) is 2.96. The first-order valence-electron chi connectivity index (χ1n) is 6.05. The predicted molar refractivity (Wildman–Crippen MR) is 67.0 cm³/mol. The summed E-state index contributed by atoms with van der Waals surface area (Å²) in [5, 5.41) is 2.54. The van der Waals surface area contributed by atoms with Crippen LogP contribution in [0.2, 0.25) is 0 Å². The molecule has 4 nitrogen and oxygen atoms in total. The molecule has 0 radical (unpaired) electrons. The van der Waals surface area contributed by atoms with Crippen molar-refractivity contribution >= 4 is 11.7 Å². The van der Waals surface area contributed by atoms with Crippen LogP contribution in [0, 0.1) is 5.82 Å². The van der Waals surface area contributed by atoms with Gasteiger partial charge in [-0.1, -0.05) is 12.1 Å². The molecule has 1 saturated heterocycles. The first-order valence-corrected chi connectivity index (χ1v) is 6.05. The van der Waals surface area contributed by atoms with Crippen LogP contribution in [0.25, 0.3) is 0 Å². The molecule has 0 aromatic heterocycles. The van der Waals surface area contributed by atoms with Crippen LogP contribution in [0.5, 0.6) is 0 Å². The number of para-hydroxylation sites is 1. The molecule has 1 aromatic rings. The van der Waals surface area contributed by atoms with E-state index >= 15 is 0 Å². The van der Waals surface area contributed by atoms with Crippen LogP contribution in [-0.2, 0) is 4.74 Å². The van der Waals surface area contributed by atoms with Crippen molar-refractivity contribution in [1.29, 1.82) is 0 Å². The maximum Gasteiger partial charge on any atom is 0.321 e. The van der Waals surface area contributed by atoms with Crippen LogP contribution < -0.4 is 5.32 Å². The minimum absolute atomic E-state index is 0.0985. The van der Waals surface area contributed by atoms with E-state index in [2.05, 4.69) is 5.32 Å². The SMILES string of the molecule is CN(CC1CCCO1)C(=O)Nc1ccccc1F. The van der Waals surface area contributed by atoms with Gasteiger partial charge in [-0.25, -0.2) is 9.18 Å². The number of carbonyl (C=O) groups is 1. The van der Waals surface area contributed by atoms with Gasteiger partial charge in [0.25, 0.3) is 0 Å². The van der Waals surface area contributed by atoms with Crippen LogP contribution in [0.1, 0.15) is 12.8 Å². The largest absolute Gasteiger partial charge is 0.376 e. The van der Waals surface area contributed by atoms with Crippen LogP contribution in [0.4, 0.5) is 14.9 Å². The van der Waals surface area contributed by atoms with Crippen LogP contribution in [0.15, 0.2) is 24.3 Å². The molecule has 1 N–H and O–H groups in total. The molecule has 98 valence electrons. The number of anilines is 1. The second-order valence-corrected chi connectivity index (χ2v) is 4.43. The van der Waals surface area contributed by atoms with Crippen LogP contribution in [0.3, 0.4) is 0 Å². The lowest BCUT2D eigenvalue weighted by molar-refractivity contribution is 0.0894. The van der Waals surface area contributed by atoms with Crippen molar-refractivity contribution in [3.63, 3.8) is 0 Å². The molecule has 2 amide bonds. The fourth-order valence-electron chi connectivity index (χ4n) is 1.95. The number of ether oxygens (including phenoxy) is 1. The van der Waals surface area contributed by atoms with E-state index in [0.717, 1.165) is 19.4 Å². The zero-order valence-electron chi connectivity index (χ0n) is 10.4. The van der Waals surface area contributed by atoms with E-state index in [-0.39, 0.29) is 17.8 Å². The van der Waals surface area contributed by atoms with Gasteiger partial charge in [0, 0.05) is 20.2 Å². The maximum atomic E-state index is 13.4. The van der Waals surface area contributed by atoms with Crippen LogP contribution in [-0.4, -0.2) is 37.2 Å². The molecule has 1 aliphatic rings. The average molecular weight is 252 g/mol. The van der Waals surface area contributed by atoms with E-state index in [1.165, 1.54) is 17.0 Å². The molecule has 1 fully saturated rings. The van der Waals surface area contributed by atoms with Gasteiger partial charge in [0.15, 0.2) is 0 Å². The highest BCUT2D eigenvalue weighted by Crippen LogP contribution is 2.15. The number of hydrogen-bond acceptors (Lipinski definition) is 2. The first-order chi connectivity index (χ1) is 8.66. The summed E-state index contributed by atoms with van der Waals surface area (Å²) in [5.41, 5.74) is 0.196. The summed E-state index contributed by atoms with van der Waals surface area (Å²) in [5.74, 6) is -0.434. The Hall–Kier alpha value is -1.62. The van der Waals surface area contributed by atoms with Crippen molar-refractivity contribution < 1.29 is 13.9 Å². The van der Waals surface area contributed by atoms with Gasteiger partial charge < -0.3 is 15.0 Å². The Morgan fingerprint density at radius 3 is 3.00 bits per heavy atom. The summed E-state index contributed by atoms with van der Waals surface area (Å²) in [4.78, 5) is 13.4. The molecule has 0 aliphatic carbocycles. The van der Waals surface area contributed by atoms with Gasteiger partial charge in [0.2, 0.25) is 0 Å². The predicted octanol–water partition coefficient (Wildman–Crippen LogP) is 2.47. The minimum Gasteiger partial charge on any atom is -0.376 e. The molecule has 5 heteroatoms. The van der Waals surface area contributed by atoms with E-state index < -0.39 is 5.82 Å². The number of likely N-dealkylation sites (N-methyl/N-ethyl adjacent to an activating group) is 1. The molecule has 2 rings (SSSR count). The van der Waals surface area contributed by atoms with Crippen molar-refractivity contribution in [2.75, 3.05) is 25.5 Å². The molecule has 0 saturated carbocycles. The fourth-order valence-corrected chi connectivity index (χ4v) is 1.95. The third-order valence-electron chi connectivity index (χ3n) is 2.96. The number of rotatable bonds is 3. The maximum absolute atomic E-state index is 13.4. The van der Waals surface area contributed by atoms with Crippen molar-refractivity contribution in [2.45, 2.75) is 18.9 Å². The Morgan fingerprint density at radius 1 is 1.56 bits per heavy atom. The molecule has 0 bridgehead atoms. The van der Waals surface area contributed by atoms with E-state index in [4.69, 9.17) is 4.74 Å². The van der Waals surface area contributed by atoms with Gasteiger partial charge >= 0.3 is 6.03 Å². The Morgan fingerprint density at radius 2 is 2.33 bits per heavy atom. The van der Waals surface area contributed by atoms with E-state index in [1.54, 1.807) is 19.2 Å². The highest BCUT2D eigenvalue weighted by atomic mass is 19.1. The lowest BCUT2D eigenvalue weighted by atomic mass is 10.2. The second-order valence-electron chi connectivity index (χ2n) is 4.43. The van der Waals surface area contributed by atoms with Crippen LogP contribution >= 0.6 is 0 Å². The van der Waals surface area contributed by atoms with Gasteiger partial charge in [-0.15, -0.1) is 0 Å². The summed E-state index contributed by atoms with van der Waals surface area (Å²) in [6, 6.07) is 5.79. The summed E-state index contributed by atoms with van der Waals surface area (Å²) >= 11 is 0. The average Bonchev–Trinajstić information content (AvgIpc) is 2.84. The standard InChI is InChI=1S/C13H17FN2O2/c1-16(9-10-5-4-8-18-10)13(17)15-12-7-3-2-6-11(12)14/h2-3,6-7,10H,4-5,8-9H2,1H3,(H,15,17). The van der Waals surface area contributed by atoms with Crippen molar-refractivity contribution in [1.82, 2.24) is 4.90 Å². The summed E-state index contributed by atoms with van der Waals surface area (Å²) in [6.45, 7) is 1.29. The zero-order valence-corrected chi connectivity index (χ0v) is 10.4. The monoisotopic (exact) mass is 252 g/mol. The molecular weight excluding hydrogens is 235 g/mol. The lowest BCUT2D eigenvalue weighted by Gasteiger charge is -2.21. The van der Waals surface area contributed by atoms with Gasteiger partial charge in [-0.2, -0.15) is 0 Å². The Kier molecular flexibility index (Phi) is 4.15. The molecule has 1 aromatic carbocycles.